The smallest absolute Gasteiger partial charge is 0.162 e. The van der Waals surface area contributed by atoms with Crippen molar-refractivity contribution in [3.8, 4) is 11.4 Å². The summed E-state index contributed by atoms with van der Waals surface area (Å²) in [5, 5.41) is 3.29. The summed E-state index contributed by atoms with van der Waals surface area (Å²) in [6.07, 6.45) is 2.37. The van der Waals surface area contributed by atoms with Gasteiger partial charge in [-0.25, -0.2) is 14.4 Å². The van der Waals surface area contributed by atoms with E-state index >= 15 is 0 Å². The molecule has 1 fully saturated rings. The molecule has 1 aliphatic rings. The number of nitrogens with one attached hydrogen (secondary N) is 1. The molecule has 2 aromatic rings. The molecule has 1 N–H and O–H groups in total. The minimum Gasteiger partial charge on any atom is -0.369 e. The lowest BCUT2D eigenvalue weighted by Gasteiger charge is -2.12. The molecule has 110 valence electrons. The second kappa shape index (κ2) is 6.16. The summed E-state index contributed by atoms with van der Waals surface area (Å²) in [4.78, 5) is 9.34. The third kappa shape index (κ3) is 3.21. The number of rotatable bonds is 4. The van der Waals surface area contributed by atoms with Crippen molar-refractivity contribution in [2.75, 3.05) is 11.9 Å². The first kappa shape index (κ1) is 15.1. The van der Waals surface area contributed by atoms with Crippen molar-refractivity contribution in [2.24, 2.45) is 0 Å². The Morgan fingerprint density at radius 3 is 2.76 bits per heavy atom. The highest BCUT2D eigenvalue weighted by Crippen LogP contribution is 2.43. The molecule has 0 spiro atoms. The topological polar surface area (TPSA) is 37.8 Å². The van der Waals surface area contributed by atoms with Gasteiger partial charge in [-0.15, -0.1) is 0 Å². The zero-order valence-electron chi connectivity index (χ0n) is 11.5. The molecule has 0 atom stereocenters. The largest absolute Gasteiger partial charge is 0.369 e. The fraction of sp³-hybridized carbons (Fsp3) is 0.333. The van der Waals surface area contributed by atoms with Gasteiger partial charge in [0.1, 0.15) is 11.6 Å². The Bertz CT molecular complexity index is 689. The standard InChI is InChI=1S/C15H14BrFIN3/c1-2-19-15-12(18)13(8-3-4-8)20-14(21-15)10-6-5-9(17)7-11(10)16/h5-8H,2-4H2,1H3,(H,19,20,21). The van der Waals surface area contributed by atoms with Gasteiger partial charge in [0.25, 0.3) is 0 Å². The molecule has 0 bridgehead atoms. The highest BCUT2D eigenvalue weighted by atomic mass is 127. The predicted molar refractivity (Wildman–Crippen MR) is 94.0 cm³/mol. The number of hydrogen-bond donors (Lipinski definition) is 1. The second-order valence-electron chi connectivity index (χ2n) is 5.02. The number of benzene rings is 1. The van der Waals surface area contributed by atoms with Crippen LogP contribution in [-0.2, 0) is 0 Å². The SMILES string of the molecule is CCNc1nc(-c2ccc(F)cc2Br)nc(C2CC2)c1I. The lowest BCUT2D eigenvalue weighted by molar-refractivity contribution is 0.627. The molecule has 0 radical (unpaired) electrons. The lowest BCUT2D eigenvalue weighted by atomic mass is 10.2. The van der Waals surface area contributed by atoms with Gasteiger partial charge in [-0.3, -0.25) is 0 Å². The second-order valence-corrected chi connectivity index (χ2v) is 6.96. The molecular weight excluding hydrogens is 448 g/mol. The molecule has 6 heteroatoms. The quantitative estimate of drug-likeness (QED) is 0.654. The van der Waals surface area contributed by atoms with Crippen molar-refractivity contribution in [1.82, 2.24) is 9.97 Å². The molecule has 0 saturated heterocycles. The fourth-order valence-corrected chi connectivity index (χ4v) is 3.57. The van der Waals surface area contributed by atoms with E-state index in [0.717, 1.165) is 27.2 Å². The van der Waals surface area contributed by atoms with Crippen LogP contribution in [0.2, 0.25) is 0 Å². The third-order valence-corrected chi connectivity index (χ3v) is 5.08. The van der Waals surface area contributed by atoms with E-state index in [1.807, 2.05) is 6.92 Å². The first-order valence-electron chi connectivity index (χ1n) is 6.87. The summed E-state index contributed by atoms with van der Waals surface area (Å²) in [5.74, 6) is 1.77. The van der Waals surface area contributed by atoms with Gasteiger partial charge in [-0.1, -0.05) is 0 Å². The predicted octanol–water partition coefficient (Wildman–Crippen LogP) is 4.96. The molecule has 21 heavy (non-hydrogen) atoms. The number of hydrogen-bond acceptors (Lipinski definition) is 3. The molecule has 0 unspecified atom stereocenters. The number of halogens is 3. The normalized spacial score (nSPS) is 14.3. The van der Waals surface area contributed by atoms with Crippen LogP contribution < -0.4 is 5.32 Å². The van der Waals surface area contributed by atoms with Gasteiger partial charge in [0.05, 0.1) is 9.26 Å². The third-order valence-electron chi connectivity index (χ3n) is 3.36. The first-order chi connectivity index (χ1) is 10.1. The van der Waals surface area contributed by atoms with Crippen LogP contribution in [0.1, 0.15) is 31.4 Å². The summed E-state index contributed by atoms with van der Waals surface area (Å²) in [6, 6.07) is 4.60. The van der Waals surface area contributed by atoms with E-state index in [1.54, 1.807) is 6.07 Å². The molecule has 1 aromatic heterocycles. The monoisotopic (exact) mass is 461 g/mol. The Hall–Kier alpha value is -0.760. The van der Waals surface area contributed by atoms with Crippen LogP contribution in [-0.4, -0.2) is 16.5 Å². The average Bonchev–Trinajstić information content (AvgIpc) is 3.26. The van der Waals surface area contributed by atoms with Crippen molar-refractivity contribution in [1.29, 1.82) is 0 Å². The highest BCUT2D eigenvalue weighted by molar-refractivity contribution is 14.1. The summed E-state index contributed by atoms with van der Waals surface area (Å²) in [7, 11) is 0. The van der Waals surface area contributed by atoms with Crippen LogP contribution in [0.3, 0.4) is 0 Å². The maximum atomic E-state index is 13.3. The fourth-order valence-electron chi connectivity index (χ4n) is 2.17. The van der Waals surface area contributed by atoms with Gasteiger partial charge in [0, 0.05) is 22.5 Å². The van der Waals surface area contributed by atoms with Crippen LogP contribution in [0.4, 0.5) is 10.2 Å². The van der Waals surface area contributed by atoms with Crippen molar-refractivity contribution in [3.05, 3.63) is 37.8 Å². The Kier molecular flexibility index (Phi) is 4.44. The van der Waals surface area contributed by atoms with Crippen molar-refractivity contribution < 1.29 is 4.39 Å². The zero-order chi connectivity index (χ0) is 15.0. The van der Waals surface area contributed by atoms with Gasteiger partial charge in [-0.2, -0.15) is 0 Å². The van der Waals surface area contributed by atoms with Crippen LogP contribution in [0.15, 0.2) is 22.7 Å². The van der Waals surface area contributed by atoms with Gasteiger partial charge in [-0.05, 0) is 76.5 Å². The number of anilines is 1. The van der Waals surface area contributed by atoms with Crippen LogP contribution in [0.25, 0.3) is 11.4 Å². The van der Waals surface area contributed by atoms with Gasteiger partial charge in [0.15, 0.2) is 5.82 Å². The first-order valence-corrected chi connectivity index (χ1v) is 8.74. The summed E-state index contributed by atoms with van der Waals surface area (Å²) in [6.45, 7) is 2.85. The Morgan fingerprint density at radius 2 is 2.14 bits per heavy atom. The molecule has 0 aliphatic heterocycles. The molecular formula is C15H14BrFIN3. The lowest BCUT2D eigenvalue weighted by Crippen LogP contribution is -2.07. The van der Waals surface area contributed by atoms with Crippen LogP contribution in [0.5, 0.6) is 0 Å². The van der Waals surface area contributed by atoms with Gasteiger partial charge in [0.2, 0.25) is 0 Å². The van der Waals surface area contributed by atoms with Crippen molar-refractivity contribution >= 4 is 44.3 Å². The Morgan fingerprint density at radius 1 is 1.38 bits per heavy atom. The van der Waals surface area contributed by atoms with Crippen LogP contribution >= 0.6 is 38.5 Å². The minimum absolute atomic E-state index is 0.273. The number of aromatic nitrogens is 2. The van der Waals surface area contributed by atoms with E-state index in [1.165, 1.54) is 25.0 Å². The summed E-state index contributed by atoms with van der Waals surface area (Å²) >= 11 is 5.71. The molecule has 1 aliphatic carbocycles. The molecule has 3 nitrogen and oxygen atoms in total. The molecule has 3 rings (SSSR count). The van der Waals surface area contributed by atoms with Crippen molar-refractivity contribution in [2.45, 2.75) is 25.7 Å². The van der Waals surface area contributed by atoms with E-state index in [9.17, 15) is 4.39 Å². The maximum Gasteiger partial charge on any atom is 0.162 e. The van der Waals surface area contributed by atoms with Crippen LogP contribution in [0, 0.1) is 9.39 Å². The van der Waals surface area contributed by atoms with Gasteiger partial charge >= 0.3 is 0 Å². The van der Waals surface area contributed by atoms with E-state index in [4.69, 9.17) is 4.98 Å². The number of nitrogens with zero attached hydrogens (tertiary/aromatic N) is 2. The van der Waals surface area contributed by atoms with E-state index < -0.39 is 0 Å². The van der Waals surface area contributed by atoms with E-state index in [-0.39, 0.29) is 5.82 Å². The molecule has 0 amide bonds. The average molecular weight is 462 g/mol. The molecule has 1 heterocycles. The van der Waals surface area contributed by atoms with Gasteiger partial charge < -0.3 is 5.32 Å². The summed E-state index contributed by atoms with van der Waals surface area (Å²) in [5.41, 5.74) is 1.92. The highest BCUT2D eigenvalue weighted by Gasteiger charge is 2.29. The molecule has 1 aromatic carbocycles. The maximum absolute atomic E-state index is 13.3. The van der Waals surface area contributed by atoms with E-state index in [0.29, 0.717) is 16.2 Å². The Labute approximate surface area is 145 Å². The summed E-state index contributed by atoms with van der Waals surface area (Å²) < 4.78 is 15.0. The van der Waals surface area contributed by atoms with Crippen molar-refractivity contribution in [3.63, 3.8) is 0 Å². The Balaban J connectivity index is 2.13. The van der Waals surface area contributed by atoms with E-state index in [2.05, 4.69) is 48.8 Å². The molecule has 1 saturated carbocycles. The minimum atomic E-state index is -0.273. The zero-order valence-corrected chi connectivity index (χ0v) is 15.2.